The van der Waals surface area contributed by atoms with Gasteiger partial charge in [0, 0.05) is 36.3 Å². The lowest BCUT2D eigenvalue weighted by Crippen LogP contribution is -2.43. The van der Waals surface area contributed by atoms with E-state index in [1.54, 1.807) is 12.4 Å². The summed E-state index contributed by atoms with van der Waals surface area (Å²) >= 11 is 14.0. The molecule has 0 N–H and O–H groups in total. The largest absolute Gasteiger partial charge is 0.364 e. The van der Waals surface area contributed by atoms with Crippen molar-refractivity contribution >= 4 is 40.7 Å². The van der Waals surface area contributed by atoms with E-state index in [1.807, 2.05) is 17.8 Å². The number of aromatic nitrogens is 1. The number of pyridine rings is 1. The first-order chi connectivity index (χ1) is 7.33. The predicted molar refractivity (Wildman–Crippen MR) is 68.4 cm³/mol. The van der Waals surface area contributed by atoms with Crippen molar-refractivity contribution < 1.29 is 0 Å². The SMILES string of the molecule is ClCC1CSCCN1c1ccncc1Cl. The second kappa shape index (κ2) is 5.28. The molecule has 0 saturated carbocycles. The first-order valence-corrected chi connectivity index (χ1v) is 6.89. The van der Waals surface area contributed by atoms with Crippen molar-refractivity contribution in [1.82, 2.24) is 4.98 Å². The van der Waals surface area contributed by atoms with Gasteiger partial charge in [0.05, 0.1) is 16.8 Å². The van der Waals surface area contributed by atoms with Crippen LogP contribution in [0, 0.1) is 0 Å². The van der Waals surface area contributed by atoms with E-state index in [0.29, 0.717) is 16.9 Å². The third-order valence-electron chi connectivity index (χ3n) is 2.47. The summed E-state index contributed by atoms with van der Waals surface area (Å²) in [7, 11) is 0. The Kier molecular flexibility index (Phi) is 4.00. The number of alkyl halides is 1. The van der Waals surface area contributed by atoms with Gasteiger partial charge in [0.1, 0.15) is 0 Å². The molecule has 1 unspecified atom stereocenters. The molecular weight excluding hydrogens is 251 g/mol. The van der Waals surface area contributed by atoms with Crippen molar-refractivity contribution in [3.63, 3.8) is 0 Å². The van der Waals surface area contributed by atoms with E-state index in [4.69, 9.17) is 23.2 Å². The van der Waals surface area contributed by atoms with Crippen LogP contribution in [-0.2, 0) is 0 Å². The van der Waals surface area contributed by atoms with Crippen LogP contribution in [0.4, 0.5) is 5.69 Å². The molecule has 82 valence electrons. The number of hydrogen-bond acceptors (Lipinski definition) is 3. The van der Waals surface area contributed by atoms with Gasteiger partial charge in [-0.2, -0.15) is 11.8 Å². The normalized spacial score (nSPS) is 21.7. The third kappa shape index (κ3) is 2.52. The van der Waals surface area contributed by atoms with Gasteiger partial charge in [-0.3, -0.25) is 4.98 Å². The number of halogens is 2. The molecule has 0 aromatic carbocycles. The third-order valence-corrected chi connectivity index (χ3v) is 4.21. The van der Waals surface area contributed by atoms with Gasteiger partial charge in [-0.1, -0.05) is 11.6 Å². The topological polar surface area (TPSA) is 16.1 Å². The van der Waals surface area contributed by atoms with Gasteiger partial charge in [-0.15, -0.1) is 11.6 Å². The first kappa shape index (κ1) is 11.4. The van der Waals surface area contributed by atoms with Crippen LogP contribution in [0.25, 0.3) is 0 Å². The Labute approximate surface area is 104 Å². The van der Waals surface area contributed by atoms with E-state index in [-0.39, 0.29) is 0 Å². The first-order valence-electron chi connectivity index (χ1n) is 4.83. The zero-order valence-electron chi connectivity index (χ0n) is 8.20. The van der Waals surface area contributed by atoms with Crippen LogP contribution in [0.5, 0.6) is 0 Å². The lowest BCUT2D eigenvalue weighted by atomic mass is 10.2. The Bertz CT molecular complexity index is 335. The highest BCUT2D eigenvalue weighted by molar-refractivity contribution is 7.99. The Morgan fingerprint density at radius 1 is 1.60 bits per heavy atom. The maximum atomic E-state index is 6.13. The zero-order valence-corrected chi connectivity index (χ0v) is 10.5. The Morgan fingerprint density at radius 2 is 2.47 bits per heavy atom. The van der Waals surface area contributed by atoms with Gasteiger partial charge in [0.15, 0.2) is 0 Å². The summed E-state index contributed by atoms with van der Waals surface area (Å²) in [5.74, 6) is 2.85. The molecule has 5 heteroatoms. The monoisotopic (exact) mass is 262 g/mol. The minimum atomic E-state index is 0.380. The molecule has 0 bridgehead atoms. The van der Waals surface area contributed by atoms with Gasteiger partial charge >= 0.3 is 0 Å². The van der Waals surface area contributed by atoms with Crippen molar-refractivity contribution in [1.29, 1.82) is 0 Å². The van der Waals surface area contributed by atoms with Crippen LogP contribution in [0.2, 0.25) is 5.02 Å². The lowest BCUT2D eigenvalue weighted by molar-refractivity contribution is 0.705. The van der Waals surface area contributed by atoms with E-state index >= 15 is 0 Å². The number of rotatable bonds is 2. The second-order valence-electron chi connectivity index (χ2n) is 3.40. The van der Waals surface area contributed by atoms with Gasteiger partial charge < -0.3 is 4.90 Å². The predicted octanol–water partition coefficient (Wildman–Crippen LogP) is 2.90. The molecular formula is C10H12Cl2N2S. The van der Waals surface area contributed by atoms with E-state index in [1.165, 1.54) is 0 Å². The fourth-order valence-corrected chi connectivity index (χ4v) is 3.40. The standard InChI is InChI=1S/C10H12Cl2N2S/c11-5-8-7-15-4-3-14(8)10-1-2-13-6-9(10)12/h1-2,6,8H,3-5,7H2. The molecule has 15 heavy (non-hydrogen) atoms. The summed E-state index contributed by atoms with van der Waals surface area (Å²) in [6.07, 6.45) is 3.46. The minimum Gasteiger partial charge on any atom is -0.364 e. The summed E-state index contributed by atoms with van der Waals surface area (Å²) in [6, 6.07) is 2.34. The molecule has 1 atom stereocenters. The summed E-state index contributed by atoms with van der Waals surface area (Å²) in [4.78, 5) is 6.28. The molecule has 1 fully saturated rings. The molecule has 1 aromatic heterocycles. The summed E-state index contributed by atoms with van der Waals surface area (Å²) < 4.78 is 0. The van der Waals surface area contributed by atoms with Crippen molar-refractivity contribution in [2.24, 2.45) is 0 Å². The van der Waals surface area contributed by atoms with Crippen molar-refractivity contribution in [2.45, 2.75) is 6.04 Å². The second-order valence-corrected chi connectivity index (χ2v) is 5.27. The van der Waals surface area contributed by atoms with Gasteiger partial charge in [0.2, 0.25) is 0 Å². The van der Waals surface area contributed by atoms with Crippen LogP contribution < -0.4 is 4.90 Å². The highest BCUT2D eigenvalue weighted by Crippen LogP contribution is 2.29. The molecule has 1 saturated heterocycles. The summed E-state index contributed by atoms with van der Waals surface area (Å²) in [6.45, 7) is 1.01. The fraction of sp³-hybridized carbons (Fsp3) is 0.500. The highest BCUT2D eigenvalue weighted by atomic mass is 35.5. The van der Waals surface area contributed by atoms with Gasteiger partial charge in [0.25, 0.3) is 0 Å². The van der Waals surface area contributed by atoms with Crippen LogP contribution in [0.3, 0.4) is 0 Å². The quantitative estimate of drug-likeness (QED) is 0.763. The zero-order chi connectivity index (χ0) is 10.7. The maximum absolute atomic E-state index is 6.13. The van der Waals surface area contributed by atoms with Crippen molar-refractivity contribution in [3.05, 3.63) is 23.5 Å². The van der Waals surface area contributed by atoms with Crippen LogP contribution in [0.1, 0.15) is 0 Å². The smallest absolute Gasteiger partial charge is 0.0822 e. The highest BCUT2D eigenvalue weighted by Gasteiger charge is 2.23. The Balaban J connectivity index is 2.24. The number of thioether (sulfide) groups is 1. The average molecular weight is 263 g/mol. The number of nitrogens with zero attached hydrogens (tertiary/aromatic N) is 2. The molecule has 0 radical (unpaired) electrons. The minimum absolute atomic E-state index is 0.380. The lowest BCUT2D eigenvalue weighted by Gasteiger charge is -2.36. The molecule has 1 aromatic rings. The molecule has 1 aliphatic heterocycles. The fourth-order valence-electron chi connectivity index (χ4n) is 1.70. The molecule has 0 amide bonds. The van der Waals surface area contributed by atoms with Crippen LogP contribution in [0.15, 0.2) is 18.5 Å². The Morgan fingerprint density at radius 3 is 3.20 bits per heavy atom. The molecule has 0 aliphatic carbocycles. The molecule has 0 spiro atoms. The number of anilines is 1. The van der Waals surface area contributed by atoms with Gasteiger partial charge in [-0.25, -0.2) is 0 Å². The summed E-state index contributed by atoms with van der Waals surface area (Å²) in [5.41, 5.74) is 1.05. The van der Waals surface area contributed by atoms with E-state index in [2.05, 4.69) is 9.88 Å². The van der Waals surface area contributed by atoms with Crippen molar-refractivity contribution in [2.75, 3.05) is 28.8 Å². The Hall–Kier alpha value is -0.120. The molecule has 1 aliphatic rings. The van der Waals surface area contributed by atoms with E-state index in [9.17, 15) is 0 Å². The average Bonchev–Trinajstić information content (AvgIpc) is 2.30. The van der Waals surface area contributed by atoms with E-state index in [0.717, 1.165) is 23.7 Å². The van der Waals surface area contributed by atoms with Crippen LogP contribution >= 0.6 is 35.0 Å². The number of hydrogen-bond donors (Lipinski definition) is 0. The van der Waals surface area contributed by atoms with E-state index < -0.39 is 0 Å². The molecule has 2 rings (SSSR count). The summed E-state index contributed by atoms with van der Waals surface area (Å²) in [5, 5.41) is 0.708. The molecule has 2 nitrogen and oxygen atoms in total. The van der Waals surface area contributed by atoms with Gasteiger partial charge in [-0.05, 0) is 6.07 Å². The van der Waals surface area contributed by atoms with Crippen LogP contribution in [-0.4, -0.2) is 35.0 Å². The maximum Gasteiger partial charge on any atom is 0.0822 e. The molecule has 2 heterocycles. The van der Waals surface area contributed by atoms with Crippen molar-refractivity contribution in [3.8, 4) is 0 Å².